The van der Waals surface area contributed by atoms with Crippen LogP contribution in [-0.4, -0.2) is 5.78 Å². The van der Waals surface area contributed by atoms with Gasteiger partial charge in [-0.1, -0.05) is 83.9 Å². The molecule has 0 atom stereocenters. The molecule has 0 N–H and O–H groups in total. The van der Waals surface area contributed by atoms with Gasteiger partial charge in [-0.3, -0.25) is 4.79 Å². The minimum absolute atomic E-state index is 0.270. The molecule has 2 nitrogen and oxygen atoms in total. The Morgan fingerprint density at radius 2 is 1.18 bits per heavy atom. The summed E-state index contributed by atoms with van der Waals surface area (Å²) in [5.74, 6) is 0.270. The first-order valence-corrected chi connectivity index (χ1v) is 14.0. The van der Waals surface area contributed by atoms with Crippen molar-refractivity contribution in [2.24, 2.45) is 0 Å². The largest absolute Gasteiger partial charge is 0.310 e. The van der Waals surface area contributed by atoms with Gasteiger partial charge in [0.2, 0.25) is 0 Å². The van der Waals surface area contributed by atoms with Crippen molar-refractivity contribution in [1.29, 1.82) is 0 Å². The highest BCUT2D eigenvalue weighted by molar-refractivity contribution is 6.00. The van der Waals surface area contributed by atoms with Gasteiger partial charge in [0.15, 0.2) is 5.78 Å². The summed E-state index contributed by atoms with van der Waals surface area (Å²) >= 11 is 0. The number of hydrogen-bond acceptors (Lipinski definition) is 2. The molecule has 0 bridgehead atoms. The zero-order valence-electron chi connectivity index (χ0n) is 22.3. The molecule has 5 aromatic rings. The predicted molar refractivity (Wildman–Crippen MR) is 159 cm³/mol. The number of nitrogens with zero attached hydrogens (tertiary/aromatic N) is 1. The highest BCUT2D eigenvalue weighted by atomic mass is 16.1. The summed E-state index contributed by atoms with van der Waals surface area (Å²) in [4.78, 5) is 15.1. The van der Waals surface area contributed by atoms with Gasteiger partial charge in [-0.15, -0.1) is 0 Å². The van der Waals surface area contributed by atoms with E-state index in [1.165, 1.54) is 61.4 Å². The molecule has 1 spiro atoms. The van der Waals surface area contributed by atoms with E-state index in [2.05, 4.69) is 122 Å². The van der Waals surface area contributed by atoms with Crippen LogP contribution in [0.5, 0.6) is 0 Å². The number of anilines is 3. The highest BCUT2D eigenvalue weighted by Crippen LogP contribution is 2.63. The van der Waals surface area contributed by atoms with Gasteiger partial charge < -0.3 is 4.90 Å². The quantitative estimate of drug-likeness (QED) is 0.223. The maximum Gasteiger partial charge on any atom is 0.163 e. The van der Waals surface area contributed by atoms with E-state index in [0.29, 0.717) is 6.42 Å². The van der Waals surface area contributed by atoms with Gasteiger partial charge in [0, 0.05) is 17.7 Å². The Labute approximate surface area is 229 Å². The second-order valence-corrected chi connectivity index (χ2v) is 11.3. The Morgan fingerprint density at radius 3 is 1.79 bits per heavy atom. The zero-order valence-corrected chi connectivity index (χ0v) is 22.3. The lowest BCUT2D eigenvalue weighted by Crippen LogP contribution is -2.36. The molecule has 2 aliphatic carbocycles. The number of hydrogen-bond donors (Lipinski definition) is 0. The van der Waals surface area contributed by atoms with E-state index in [1.54, 1.807) is 0 Å². The lowest BCUT2D eigenvalue weighted by Gasteiger charge is -2.45. The SMILES string of the molecule is Cc1ccc2c(c1)C1(c3ccccc3-c3ccccc31)c1cc(C)ccc1N2c1ccc2c(c1)CCCC2=O. The smallest absolute Gasteiger partial charge is 0.163 e. The van der Waals surface area contributed by atoms with Crippen molar-refractivity contribution in [2.75, 3.05) is 4.90 Å². The number of aryl methyl sites for hydroxylation is 3. The minimum atomic E-state index is -0.406. The number of rotatable bonds is 1. The fourth-order valence-electron chi connectivity index (χ4n) is 7.43. The summed E-state index contributed by atoms with van der Waals surface area (Å²) in [6.07, 6.45) is 2.54. The molecule has 39 heavy (non-hydrogen) atoms. The lowest BCUT2D eigenvalue weighted by molar-refractivity contribution is 0.0972. The van der Waals surface area contributed by atoms with Crippen molar-refractivity contribution in [1.82, 2.24) is 0 Å². The van der Waals surface area contributed by atoms with Gasteiger partial charge in [0.1, 0.15) is 0 Å². The number of carbonyl (C=O) groups is 1. The first kappa shape index (κ1) is 22.5. The summed E-state index contributed by atoms with van der Waals surface area (Å²) < 4.78 is 0. The number of carbonyl (C=O) groups excluding carboxylic acids is 1. The van der Waals surface area contributed by atoms with Crippen LogP contribution in [0.1, 0.15) is 62.1 Å². The molecule has 0 amide bonds. The van der Waals surface area contributed by atoms with Gasteiger partial charge >= 0.3 is 0 Å². The number of fused-ring (bicyclic) bond motifs is 10. The number of Topliss-reactive ketones (excluding diaryl/α,β-unsaturated/α-hetero) is 1. The molecular weight excluding hydrogens is 474 g/mol. The molecule has 1 heterocycles. The van der Waals surface area contributed by atoms with Gasteiger partial charge in [-0.2, -0.15) is 0 Å². The van der Waals surface area contributed by atoms with Crippen molar-refractivity contribution in [3.8, 4) is 11.1 Å². The molecule has 0 saturated carbocycles. The van der Waals surface area contributed by atoms with Crippen LogP contribution < -0.4 is 4.90 Å². The Balaban J connectivity index is 1.49. The maximum absolute atomic E-state index is 12.6. The third-order valence-electron chi connectivity index (χ3n) is 9.04. The van der Waals surface area contributed by atoms with Crippen LogP contribution in [0.2, 0.25) is 0 Å². The van der Waals surface area contributed by atoms with Gasteiger partial charge in [-0.25, -0.2) is 0 Å². The summed E-state index contributed by atoms with van der Waals surface area (Å²) in [5.41, 5.74) is 15.6. The van der Waals surface area contributed by atoms with Crippen LogP contribution in [0.3, 0.4) is 0 Å². The molecule has 3 aliphatic rings. The molecule has 8 rings (SSSR count). The van der Waals surface area contributed by atoms with Gasteiger partial charge in [0.25, 0.3) is 0 Å². The fraction of sp³-hybridized carbons (Fsp3) is 0.162. The van der Waals surface area contributed by atoms with E-state index in [-0.39, 0.29) is 5.78 Å². The second kappa shape index (κ2) is 8.04. The lowest BCUT2D eigenvalue weighted by atomic mass is 9.64. The van der Waals surface area contributed by atoms with Gasteiger partial charge in [-0.05, 0) is 96.0 Å². The first-order valence-electron chi connectivity index (χ1n) is 14.0. The summed E-state index contributed by atoms with van der Waals surface area (Å²) in [5, 5.41) is 0. The van der Waals surface area contributed by atoms with Crippen molar-refractivity contribution in [3.05, 3.63) is 148 Å². The number of benzene rings is 5. The van der Waals surface area contributed by atoms with E-state index in [0.717, 1.165) is 24.1 Å². The average Bonchev–Trinajstić information content (AvgIpc) is 3.25. The van der Waals surface area contributed by atoms with Crippen molar-refractivity contribution in [2.45, 2.75) is 38.5 Å². The van der Waals surface area contributed by atoms with E-state index in [9.17, 15) is 4.79 Å². The van der Waals surface area contributed by atoms with E-state index in [4.69, 9.17) is 0 Å². The number of ketones is 1. The fourth-order valence-corrected chi connectivity index (χ4v) is 7.43. The molecule has 0 saturated heterocycles. The van der Waals surface area contributed by atoms with E-state index in [1.807, 2.05) is 0 Å². The first-order chi connectivity index (χ1) is 19.1. The van der Waals surface area contributed by atoms with E-state index < -0.39 is 5.41 Å². The minimum Gasteiger partial charge on any atom is -0.310 e. The van der Waals surface area contributed by atoms with Crippen LogP contribution in [0.15, 0.2) is 103 Å². The molecule has 1 aliphatic heterocycles. The summed E-state index contributed by atoms with van der Waals surface area (Å²) in [7, 11) is 0. The molecule has 0 radical (unpaired) electrons. The molecule has 0 unspecified atom stereocenters. The van der Waals surface area contributed by atoms with Crippen LogP contribution in [0, 0.1) is 13.8 Å². The molecule has 0 aromatic heterocycles. The molecule has 188 valence electrons. The topological polar surface area (TPSA) is 20.3 Å². The van der Waals surface area contributed by atoms with Crippen molar-refractivity contribution < 1.29 is 4.79 Å². The van der Waals surface area contributed by atoms with Crippen molar-refractivity contribution >= 4 is 22.8 Å². The van der Waals surface area contributed by atoms with Crippen LogP contribution in [0.4, 0.5) is 17.1 Å². The van der Waals surface area contributed by atoms with Crippen LogP contribution >= 0.6 is 0 Å². The van der Waals surface area contributed by atoms with Crippen LogP contribution in [-0.2, 0) is 11.8 Å². The molecule has 5 aromatic carbocycles. The Bertz CT molecular complexity index is 1740. The maximum atomic E-state index is 12.6. The van der Waals surface area contributed by atoms with E-state index >= 15 is 0 Å². The zero-order chi connectivity index (χ0) is 26.3. The normalized spacial score (nSPS) is 15.8. The van der Waals surface area contributed by atoms with Crippen LogP contribution in [0.25, 0.3) is 11.1 Å². The average molecular weight is 504 g/mol. The highest BCUT2D eigenvalue weighted by Gasteiger charge is 2.51. The monoisotopic (exact) mass is 503 g/mol. The molecular formula is C37H29NO. The standard InChI is InChI=1S/C37H29NO/c1-23-14-18-34-32(20-23)37(30-11-5-3-9-28(30)29-10-4-6-12-31(29)37)33-21-24(2)15-19-35(33)38(34)26-16-17-27-25(22-26)8-7-13-36(27)39/h3-6,9-12,14-22H,7-8,13H2,1-2H3. The summed E-state index contributed by atoms with van der Waals surface area (Å²) in [6, 6.07) is 38.2. The Kier molecular flexibility index (Phi) is 4.65. The van der Waals surface area contributed by atoms with Gasteiger partial charge in [0.05, 0.1) is 16.8 Å². The predicted octanol–water partition coefficient (Wildman–Crippen LogP) is 8.97. The second-order valence-electron chi connectivity index (χ2n) is 11.3. The third kappa shape index (κ3) is 2.95. The summed E-state index contributed by atoms with van der Waals surface area (Å²) in [6.45, 7) is 4.39. The van der Waals surface area contributed by atoms with Crippen molar-refractivity contribution in [3.63, 3.8) is 0 Å². The third-order valence-corrected chi connectivity index (χ3v) is 9.04. The Morgan fingerprint density at radius 1 is 0.590 bits per heavy atom. The molecule has 2 heteroatoms. The Hall–Kier alpha value is -4.43. The molecule has 0 fully saturated rings.